The second-order valence-corrected chi connectivity index (χ2v) is 7.39. The van der Waals surface area contributed by atoms with E-state index in [-0.39, 0.29) is 12.0 Å². The van der Waals surface area contributed by atoms with E-state index in [0.29, 0.717) is 41.6 Å². The molecule has 0 spiro atoms. The third-order valence-corrected chi connectivity index (χ3v) is 4.89. The first-order valence-electron chi connectivity index (χ1n) is 9.91. The van der Waals surface area contributed by atoms with Crippen molar-refractivity contribution in [3.8, 4) is 0 Å². The fourth-order valence-electron chi connectivity index (χ4n) is 3.13. The molecule has 1 heterocycles. The van der Waals surface area contributed by atoms with E-state index < -0.39 is 42.0 Å². The molecule has 1 unspecified atom stereocenters. The summed E-state index contributed by atoms with van der Waals surface area (Å²) < 4.78 is 5.28. The molecule has 31 heavy (non-hydrogen) atoms. The molecule has 0 bridgehead atoms. The summed E-state index contributed by atoms with van der Waals surface area (Å²) in [7, 11) is 0. The first kappa shape index (κ1) is 23.9. The van der Waals surface area contributed by atoms with Gasteiger partial charge in [0, 0.05) is 23.7 Å². The van der Waals surface area contributed by atoms with E-state index >= 15 is 0 Å². The van der Waals surface area contributed by atoms with Gasteiger partial charge in [0.15, 0.2) is 0 Å². The summed E-state index contributed by atoms with van der Waals surface area (Å²) in [4.78, 5) is 45.9. The van der Waals surface area contributed by atoms with Crippen molar-refractivity contribution >= 4 is 34.5 Å². The second-order valence-electron chi connectivity index (χ2n) is 7.39. The Balaban J connectivity index is 1.94. The van der Waals surface area contributed by atoms with Crippen LogP contribution in [0, 0.1) is 6.92 Å². The van der Waals surface area contributed by atoms with Gasteiger partial charge in [-0.15, -0.1) is 0 Å². The van der Waals surface area contributed by atoms with Crippen LogP contribution in [-0.4, -0.2) is 46.7 Å². The van der Waals surface area contributed by atoms with E-state index in [1.54, 1.807) is 25.1 Å². The van der Waals surface area contributed by atoms with E-state index in [9.17, 15) is 24.3 Å². The summed E-state index contributed by atoms with van der Waals surface area (Å²) in [5.74, 6) is -2.72. The number of carbonyl (C=O) groups excluding carboxylic acids is 1. The van der Waals surface area contributed by atoms with E-state index in [4.69, 9.17) is 15.3 Å². The molecule has 2 rings (SSSR count). The van der Waals surface area contributed by atoms with Crippen molar-refractivity contribution in [3.05, 3.63) is 39.7 Å². The number of nitrogens with one attached hydrogen (secondary N) is 2. The number of unbranched alkanes of at least 4 members (excludes halogenated alkanes) is 1. The van der Waals surface area contributed by atoms with Crippen LogP contribution in [0.1, 0.15) is 37.3 Å². The Morgan fingerprint density at radius 3 is 2.52 bits per heavy atom. The molecule has 0 saturated carbocycles. The van der Waals surface area contributed by atoms with E-state index in [0.717, 1.165) is 0 Å². The molecular weight excluding hydrogens is 406 g/mol. The average Bonchev–Trinajstić information content (AvgIpc) is 2.69. The topological polar surface area (TPSA) is 172 Å². The quantitative estimate of drug-likeness (QED) is 0.258. The standard InChI is InChI=1S/C21H27N3O7/c1-11-14-7-6-13(9-17(14)31-21(30)15(11)10-18(25)26)23-8-4-3-5-16(20(28)29)24-19(27)12(2)22/h6-7,9,12,16,23H,3-5,8,10,22H2,1-2H3,(H,24,27)(H,25,26)(H,28,29)/t12-,16?/m1/s1. The third kappa shape index (κ3) is 6.54. The van der Waals surface area contributed by atoms with E-state index in [2.05, 4.69) is 10.6 Å². The molecule has 1 amide bonds. The fraction of sp³-hybridized carbons (Fsp3) is 0.429. The molecule has 0 saturated heterocycles. The summed E-state index contributed by atoms with van der Waals surface area (Å²) in [6.07, 6.45) is 1.08. The molecular formula is C21H27N3O7. The Morgan fingerprint density at radius 2 is 1.90 bits per heavy atom. The fourth-order valence-corrected chi connectivity index (χ4v) is 3.13. The number of nitrogens with two attached hydrogens (primary N) is 1. The van der Waals surface area contributed by atoms with Gasteiger partial charge in [-0.25, -0.2) is 9.59 Å². The van der Waals surface area contributed by atoms with Gasteiger partial charge < -0.3 is 31.0 Å². The largest absolute Gasteiger partial charge is 0.481 e. The SMILES string of the molecule is Cc1c(CC(=O)O)c(=O)oc2cc(NCCCCC(NC(=O)[C@@H](C)N)C(=O)O)ccc12. The summed E-state index contributed by atoms with van der Waals surface area (Å²) in [5, 5.41) is 24.4. The van der Waals surface area contributed by atoms with Gasteiger partial charge in [0.05, 0.1) is 18.0 Å². The van der Waals surface area contributed by atoms with Crippen LogP contribution >= 0.6 is 0 Å². The summed E-state index contributed by atoms with van der Waals surface area (Å²) >= 11 is 0. The molecule has 0 fully saturated rings. The number of carbonyl (C=O) groups is 3. The van der Waals surface area contributed by atoms with Crippen molar-refractivity contribution in [1.82, 2.24) is 5.32 Å². The smallest absolute Gasteiger partial charge is 0.340 e. The molecule has 10 heteroatoms. The average molecular weight is 433 g/mol. The van der Waals surface area contributed by atoms with Crippen LogP contribution in [-0.2, 0) is 20.8 Å². The zero-order valence-corrected chi connectivity index (χ0v) is 17.4. The zero-order valence-electron chi connectivity index (χ0n) is 17.4. The molecule has 6 N–H and O–H groups in total. The van der Waals surface area contributed by atoms with Crippen LogP contribution in [0.25, 0.3) is 11.0 Å². The number of fused-ring (bicyclic) bond motifs is 1. The minimum Gasteiger partial charge on any atom is -0.481 e. The lowest BCUT2D eigenvalue weighted by molar-refractivity contribution is -0.142. The van der Waals surface area contributed by atoms with E-state index in [1.807, 2.05) is 0 Å². The second kappa shape index (κ2) is 10.6. The number of amides is 1. The maximum absolute atomic E-state index is 12.1. The molecule has 2 atom stereocenters. The van der Waals surface area contributed by atoms with Crippen LogP contribution in [0.4, 0.5) is 5.69 Å². The molecule has 1 aromatic carbocycles. The number of benzene rings is 1. The van der Waals surface area contributed by atoms with Crippen molar-refractivity contribution in [1.29, 1.82) is 0 Å². The zero-order chi connectivity index (χ0) is 23.1. The molecule has 168 valence electrons. The van der Waals surface area contributed by atoms with Crippen LogP contribution in [0.2, 0.25) is 0 Å². The number of hydrogen-bond donors (Lipinski definition) is 5. The minimum atomic E-state index is -1.11. The molecule has 1 aromatic heterocycles. The molecule has 2 aromatic rings. The lowest BCUT2D eigenvalue weighted by Crippen LogP contribution is -2.47. The third-order valence-electron chi connectivity index (χ3n) is 4.89. The van der Waals surface area contributed by atoms with Gasteiger partial charge in [-0.2, -0.15) is 0 Å². The Hall–Kier alpha value is -3.40. The maximum Gasteiger partial charge on any atom is 0.340 e. The Morgan fingerprint density at radius 1 is 1.19 bits per heavy atom. The van der Waals surface area contributed by atoms with Gasteiger partial charge in [-0.05, 0) is 50.8 Å². The lowest BCUT2D eigenvalue weighted by atomic mass is 10.0. The Bertz CT molecular complexity index is 1030. The molecule has 0 aliphatic heterocycles. The monoisotopic (exact) mass is 433 g/mol. The van der Waals surface area contributed by atoms with Crippen molar-refractivity contribution < 1.29 is 29.0 Å². The number of aliphatic carboxylic acids is 2. The normalized spacial score (nSPS) is 12.9. The van der Waals surface area contributed by atoms with Gasteiger partial charge in [0.2, 0.25) is 5.91 Å². The number of carboxylic acids is 2. The molecule has 0 aliphatic carbocycles. The number of anilines is 1. The van der Waals surface area contributed by atoms with Crippen LogP contribution in [0.5, 0.6) is 0 Å². The van der Waals surface area contributed by atoms with Crippen LogP contribution in [0.15, 0.2) is 27.4 Å². The Labute approximate surface area is 178 Å². The molecule has 0 radical (unpaired) electrons. The van der Waals surface area contributed by atoms with Crippen molar-refractivity contribution in [2.75, 3.05) is 11.9 Å². The maximum atomic E-state index is 12.1. The van der Waals surface area contributed by atoms with Gasteiger partial charge in [0.25, 0.3) is 0 Å². The van der Waals surface area contributed by atoms with Gasteiger partial charge in [-0.1, -0.05) is 0 Å². The van der Waals surface area contributed by atoms with Crippen molar-refractivity contribution in [2.24, 2.45) is 5.73 Å². The number of rotatable bonds is 11. The number of carboxylic acid groups (broad SMARTS) is 2. The number of hydrogen-bond acceptors (Lipinski definition) is 7. The Kier molecular flexibility index (Phi) is 8.14. The predicted molar refractivity (Wildman–Crippen MR) is 114 cm³/mol. The highest BCUT2D eigenvalue weighted by Crippen LogP contribution is 2.23. The number of aryl methyl sites for hydroxylation is 1. The van der Waals surface area contributed by atoms with E-state index in [1.165, 1.54) is 6.92 Å². The lowest BCUT2D eigenvalue weighted by Gasteiger charge is -2.16. The van der Waals surface area contributed by atoms with Crippen LogP contribution < -0.4 is 22.0 Å². The minimum absolute atomic E-state index is 0.129. The summed E-state index contributed by atoms with van der Waals surface area (Å²) in [5.41, 5.74) is 6.55. The van der Waals surface area contributed by atoms with Gasteiger partial charge in [-0.3, -0.25) is 9.59 Å². The first-order valence-corrected chi connectivity index (χ1v) is 9.91. The van der Waals surface area contributed by atoms with Gasteiger partial charge in [0.1, 0.15) is 11.6 Å². The summed E-state index contributed by atoms with van der Waals surface area (Å²) in [6, 6.07) is 3.45. The highest BCUT2D eigenvalue weighted by molar-refractivity contribution is 5.86. The van der Waals surface area contributed by atoms with Crippen molar-refractivity contribution in [3.63, 3.8) is 0 Å². The summed E-state index contributed by atoms with van der Waals surface area (Å²) in [6.45, 7) is 3.71. The molecule has 0 aliphatic rings. The first-order chi connectivity index (χ1) is 14.6. The van der Waals surface area contributed by atoms with Gasteiger partial charge >= 0.3 is 17.6 Å². The van der Waals surface area contributed by atoms with Crippen LogP contribution in [0.3, 0.4) is 0 Å². The highest BCUT2D eigenvalue weighted by Gasteiger charge is 2.21. The molecule has 10 nitrogen and oxygen atoms in total. The predicted octanol–water partition coefficient (Wildman–Crippen LogP) is 1.23. The highest BCUT2D eigenvalue weighted by atomic mass is 16.4. The van der Waals surface area contributed by atoms with Crippen molar-refractivity contribution in [2.45, 2.75) is 51.6 Å².